The van der Waals surface area contributed by atoms with Gasteiger partial charge in [-0.25, -0.2) is 0 Å². The molecule has 1 fully saturated rings. The van der Waals surface area contributed by atoms with E-state index < -0.39 is 5.97 Å². The molecule has 108 valence electrons. The van der Waals surface area contributed by atoms with Gasteiger partial charge in [0.1, 0.15) is 6.54 Å². The number of carboxylic acids is 1. The first kappa shape index (κ1) is 14.2. The SMILES string of the molecule is COc1cc(C2CC(C)N(CC(=O)O)C2=O)ccc1O. The number of aliphatic carboxylic acids is 1. The van der Waals surface area contributed by atoms with Gasteiger partial charge in [0.25, 0.3) is 0 Å². The van der Waals surface area contributed by atoms with Crippen LogP contribution in [0, 0.1) is 0 Å². The molecular formula is C14H17NO5. The Hall–Kier alpha value is -2.24. The summed E-state index contributed by atoms with van der Waals surface area (Å²) in [5.41, 5.74) is 0.726. The average molecular weight is 279 g/mol. The Morgan fingerprint density at radius 3 is 2.80 bits per heavy atom. The summed E-state index contributed by atoms with van der Waals surface area (Å²) >= 11 is 0. The van der Waals surface area contributed by atoms with Gasteiger partial charge in [0, 0.05) is 6.04 Å². The second-order valence-corrected chi connectivity index (χ2v) is 4.93. The van der Waals surface area contributed by atoms with Gasteiger partial charge in [-0.1, -0.05) is 6.07 Å². The number of hydrogen-bond donors (Lipinski definition) is 2. The molecule has 0 aliphatic carbocycles. The van der Waals surface area contributed by atoms with Gasteiger partial charge in [-0.2, -0.15) is 0 Å². The average Bonchev–Trinajstić information content (AvgIpc) is 2.67. The lowest BCUT2D eigenvalue weighted by atomic mass is 9.96. The third-order valence-electron chi connectivity index (χ3n) is 3.60. The van der Waals surface area contributed by atoms with Gasteiger partial charge in [-0.05, 0) is 31.0 Å². The largest absolute Gasteiger partial charge is 0.504 e. The van der Waals surface area contributed by atoms with Crippen LogP contribution in [-0.2, 0) is 9.59 Å². The number of ether oxygens (including phenoxy) is 1. The number of phenols is 1. The lowest BCUT2D eigenvalue weighted by Gasteiger charge is -2.18. The first-order valence-electron chi connectivity index (χ1n) is 6.33. The molecule has 0 saturated carbocycles. The van der Waals surface area contributed by atoms with E-state index in [1.807, 2.05) is 6.92 Å². The zero-order valence-corrected chi connectivity index (χ0v) is 11.4. The van der Waals surface area contributed by atoms with Crippen molar-refractivity contribution in [1.29, 1.82) is 0 Å². The molecule has 0 aromatic heterocycles. The summed E-state index contributed by atoms with van der Waals surface area (Å²) in [6.07, 6.45) is 0.556. The van der Waals surface area contributed by atoms with Crippen LogP contribution in [0.5, 0.6) is 11.5 Å². The molecule has 1 aliphatic heterocycles. The zero-order valence-electron chi connectivity index (χ0n) is 11.4. The lowest BCUT2D eigenvalue weighted by molar-refractivity contribution is -0.143. The fourth-order valence-corrected chi connectivity index (χ4v) is 2.56. The second-order valence-electron chi connectivity index (χ2n) is 4.93. The number of nitrogens with zero attached hydrogens (tertiary/aromatic N) is 1. The van der Waals surface area contributed by atoms with Gasteiger partial charge in [-0.3, -0.25) is 9.59 Å². The summed E-state index contributed by atoms with van der Waals surface area (Å²) in [7, 11) is 1.44. The minimum Gasteiger partial charge on any atom is -0.504 e. The van der Waals surface area contributed by atoms with E-state index in [-0.39, 0.29) is 30.2 Å². The number of phenolic OH excluding ortho intramolecular Hbond substituents is 1. The van der Waals surface area contributed by atoms with Crippen molar-refractivity contribution in [3.63, 3.8) is 0 Å². The highest BCUT2D eigenvalue weighted by atomic mass is 16.5. The molecule has 0 bridgehead atoms. The van der Waals surface area contributed by atoms with Crippen molar-refractivity contribution in [3.8, 4) is 11.5 Å². The standard InChI is InChI=1S/C14H17NO5/c1-8-5-10(14(19)15(8)7-13(17)18)9-3-4-11(16)12(6-9)20-2/h3-4,6,8,10,16H,5,7H2,1-2H3,(H,17,18). The fraction of sp³-hybridized carbons (Fsp3) is 0.429. The molecular weight excluding hydrogens is 262 g/mol. The van der Waals surface area contributed by atoms with Crippen molar-refractivity contribution in [3.05, 3.63) is 23.8 Å². The van der Waals surface area contributed by atoms with Gasteiger partial charge in [-0.15, -0.1) is 0 Å². The molecule has 1 amide bonds. The molecule has 2 unspecified atom stereocenters. The van der Waals surface area contributed by atoms with Crippen LogP contribution in [0.25, 0.3) is 0 Å². The van der Waals surface area contributed by atoms with Gasteiger partial charge in [0.15, 0.2) is 11.5 Å². The van der Waals surface area contributed by atoms with E-state index in [2.05, 4.69) is 0 Å². The summed E-state index contributed by atoms with van der Waals surface area (Å²) in [5, 5.41) is 18.4. The summed E-state index contributed by atoms with van der Waals surface area (Å²) in [5.74, 6) is -1.29. The van der Waals surface area contributed by atoms with Crippen LogP contribution >= 0.6 is 0 Å². The summed E-state index contributed by atoms with van der Waals surface area (Å²) in [6, 6.07) is 4.64. The Morgan fingerprint density at radius 2 is 2.20 bits per heavy atom. The lowest BCUT2D eigenvalue weighted by Crippen LogP contribution is -2.36. The van der Waals surface area contributed by atoms with Crippen molar-refractivity contribution in [2.45, 2.75) is 25.3 Å². The van der Waals surface area contributed by atoms with E-state index in [1.54, 1.807) is 12.1 Å². The van der Waals surface area contributed by atoms with Crippen LogP contribution in [0.2, 0.25) is 0 Å². The number of likely N-dealkylation sites (tertiary alicyclic amines) is 1. The van der Waals surface area contributed by atoms with E-state index in [4.69, 9.17) is 9.84 Å². The molecule has 1 heterocycles. The first-order chi connectivity index (χ1) is 9.43. The summed E-state index contributed by atoms with van der Waals surface area (Å²) < 4.78 is 5.03. The maximum atomic E-state index is 12.3. The maximum absolute atomic E-state index is 12.3. The monoisotopic (exact) mass is 279 g/mol. The predicted octanol–water partition coefficient (Wildman–Crippen LogP) is 1.19. The number of aromatic hydroxyl groups is 1. The Balaban J connectivity index is 2.26. The molecule has 1 aliphatic rings. The first-order valence-corrected chi connectivity index (χ1v) is 6.33. The van der Waals surface area contributed by atoms with E-state index >= 15 is 0 Å². The Morgan fingerprint density at radius 1 is 1.50 bits per heavy atom. The quantitative estimate of drug-likeness (QED) is 0.864. The van der Waals surface area contributed by atoms with Crippen molar-refractivity contribution in [2.75, 3.05) is 13.7 Å². The van der Waals surface area contributed by atoms with E-state index in [1.165, 1.54) is 18.1 Å². The molecule has 2 N–H and O–H groups in total. The second kappa shape index (κ2) is 5.40. The molecule has 2 rings (SSSR count). The van der Waals surface area contributed by atoms with E-state index in [0.717, 1.165) is 5.56 Å². The highest BCUT2D eigenvalue weighted by Crippen LogP contribution is 2.36. The maximum Gasteiger partial charge on any atom is 0.323 e. The zero-order chi connectivity index (χ0) is 14.9. The molecule has 1 aromatic rings. The van der Waals surface area contributed by atoms with Gasteiger partial charge >= 0.3 is 5.97 Å². The number of carbonyl (C=O) groups excluding carboxylic acids is 1. The highest BCUT2D eigenvalue weighted by Gasteiger charge is 2.38. The van der Waals surface area contributed by atoms with E-state index in [0.29, 0.717) is 12.2 Å². The smallest absolute Gasteiger partial charge is 0.323 e. The number of methoxy groups -OCH3 is 1. The molecule has 2 atom stereocenters. The van der Waals surface area contributed by atoms with Crippen LogP contribution in [0.3, 0.4) is 0 Å². The van der Waals surface area contributed by atoms with Crippen molar-refractivity contribution in [1.82, 2.24) is 4.90 Å². The molecule has 6 nitrogen and oxygen atoms in total. The number of benzene rings is 1. The van der Waals surface area contributed by atoms with Crippen LogP contribution in [0.15, 0.2) is 18.2 Å². The molecule has 20 heavy (non-hydrogen) atoms. The van der Waals surface area contributed by atoms with Crippen LogP contribution < -0.4 is 4.74 Å². The number of amides is 1. The Labute approximate surface area is 116 Å². The van der Waals surface area contributed by atoms with Crippen molar-refractivity contribution in [2.24, 2.45) is 0 Å². The number of carboxylic acid groups (broad SMARTS) is 1. The van der Waals surface area contributed by atoms with Crippen molar-refractivity contribution < 1.29 is 24.5 Å². The fourth-order valence-electron chi connectivity index (χ4n) is 2.56. The summed E-state index contributed by atoms with van der Waals surface area (Å²) in [4.78, 5) is 24.5. The van der Waals surface area contributed by atoms with Crippen LogP contribution in [0.4, 0.5) is 0 Å². The van der Waals surface area contributed by atoms with Gasteiger partial charge in [0.05, 0.1) is 13.0 Å². The Bertz CT molecular complexity index is 542. The van der Waals surface area contributed by atoms with Crippen molar-refractivity contribution >= 4 is 11.9 Å². The molecule has 0 spiro atoms. The third kappa shape index (κ3) is 2.54. The molecule has 0 radical (unpaired) electrons. The van der Waals surface area contributed by atoms with Gasteiger partial charge in [0.2, 0.25) is 5.91 Å². The highest BCUT2D eigenvalue weighted by molar-refractivity contribution is 5.89. The van der Waals surface area contributed by atoms with Crippen LogP contribution in [0.1, 0.15) is 24.8 Å². The molecule has 6 heteroatoms. The predicted molar refractivity (Wildman–Crippen MR) is 70.8 cm³/mol. The minimum atomic E-state index is -1.02. The number of rotatable bonds is 4. The van der Waals surface area contributed by atoms with Gasteiger partial charge < -0.3 is 19.8 Å². The molecule has 1 aromatic carbocycles. The summed E-state index contributed by atoms with van der Waals surface area (Å²) in [6.45, 7) is 1.55. The Kier molecular flexibility index (Phi) is 3.83. The number of carbonyl (C=O) groups is 2. The minimum absolute atomic E-state index is 0.0112. The van der Waals surface area contributed by atoms with E-state index in [9.17, 15) is 14.7 Å². The topological polar surface area (TPSA) is 87.1 Å². The van der Waals surface area contributed by atoms with Crippen LogP contribution in [-0.4, -0.2) is 46.7 Å². The molecule has 1 saturated heterocycles. The normalized spacial score (nSPS) is 22.1. The number of hydrogen-bond acceptors (Lipinski definition) is 4. The third-order valence-corrected chi connectivity index (χ3v) is 3.60.